The van der Waals surface area contributed by atoms with Crippen LogP contribution in [-0.4, -0.2) is 80.8 Å². The number of carboxylic acids is 1. The number of Topliss-reactive ketones (excluding diaryl/α,β-unsaturated/α-hetero) is 1. The average molecular weight is 592 g/mol. The first kappa shape index (κ1) is 32.3. The van der Waals surface area contributed by atoms with Crippen molar-refractivity contribution in [1.29, 1.82) is 0 Å². The van der Waals surface area contributed by atoms with Crippen molar-refractivity contribution in [3.63, 3.8) is 0 Å². The number of fused-ring (bicyclic) bond motifs is 5. The van der Waals surface area contributed by atoms with Gasteiger partial charge in [0.1, 0.15) is 5.60 Å². The van der Waals surface area contributed by atoms with Crippen molar-refractivity contribution in [3.05, 3.63) is 11.6 Å². The molecular weight excluding hydrogens is 546 g/mol. The van der Waals surface area contributed by atoms with E-state index in [0.717, 1.165) is 18.4 Å². The van der Waals surface area contributed by atoms with Crippen LogP contribution in [0.15, 0.2) is 11.6 Å². The molecule has 234 valence electrons. The van der Waals surface area contributed by atoms with Crippen LogP contribution in [0.5, 0.6) is 0 Å². The Bertz CT molecular complexity index is 1180. The standard InChI is InChI=1S/C31H45NO10/c1-28(2,26(38)27(39)40)16-32-23(36)7-8-24(37)42-15-22(35)31(41)12-10-20-19-6-5-17-13-18(33)9-11-29(17,3)25(19)21(34)14-30(20,31)4/h13,19-21,25-26,34,38,41H,5-12,14-16H2,1-4H3,(H,32,36)(H,39,40)/t19?,20?,21?,25?,26?,29-,30-,31-/m0/s1. The number of esters is 1. The van der Waals surface area contributed by atoms with Crippen LogP contribution < -0.4 is 5.32 Å². The molecule has 42 heavy (non-hydrogen) atoms. The monoisotopic (exact) mass is 591 g/mol. The summed E-state index contributed by atoms with van der Waals surface area (Å²) in [5, 5.41) is 44.5. The van der Waals surface area contributed by atoms with Crippen molar-refractivity contribution in [1.82, 2.24) is 5.32 Å². The third-order valence-electron chi connectivity index (χ3n) is 11.1. The summed E-state index contributed by atoms with van der Waals surface area (Å²) in [6, 6.07) is 0. The second-order valence-corrected chi connectivity index (χ2v) is 14.1. The number of carboxylic acid groups (broad SMARTS) is 1. The van der Waals surface area contributed by atoms with E-state index < -0.39 is 58.9 Å². The number of hydrogen-bond acceptors (Lipinski definition) is 9. The molecule has 0 aromatic heterocycles. The number of rotatable bonds is 10. The quantitative estimate of drug-likeness (QED) is 0.234. The molecule has 11 heteroatoms. The van der Waals surface area contributed by atoms with Gasteiger partial charge in [-0.05, 0) is 67.8 Å². The fraction of sp³-hybridized carbons (Fsp3) is 0.774. The van der Waals surface area contributed by atoms with Crippen LogP contribution in [0.1, 0.15) is 85.5 Å². The second-order valence-electron chi connectivity index (χ2n) is 14.1. The third kappa shape index (κ3) is 5.55. The lowest BCUT2D eigenvalue weighted by molar-refractivity contribution is -0.184. The molecule has 1 amide bonds. The summed E-state index contributed by atoms with van der Waals surface area (Å²) >= 11 is 0. The van der Waals surface area contributed by atoms with E-state index in [4.69, 9.17) is 9.84 Å². The SMILES string of the molecule is CC(C)(CNC(=O)CCC(=O)OCC(=O)[C@@]1(O)CCC2C3CCC4=CC(=O)CC[C@]4(C)C3C(O)C[C@@]21C)C(O)C(=O)O. The smallest absolute Gasteiger partial charge is 0.333 e. The number of allylic oxidation sites excluding steroid dienone is 1. The van der Waals surface area contributed by atoms with Gasteiger partial charge in [-0.3, -0.25) is 19.2 Å². The van der Waals surface area contributed by atoms with Crippen LogP contribution >= 0.6 is 0 Å². The number of ketones is 2. The van der Waals surface area contributed by atoms with Gasteiger partial charge >= 0.3 is 11.9 Å². The Morgan fingerprint density at radius 3 is 2.48 bits per heavy atom. The maximum absolute atomic E-state index is 13.4. The Balaban J connectivity index is 1.33. The molecule has 3 fully saturated rings. The van der Waals surface area contributed by atoms with Gasteiger partial charge in [-0.1, -0.05) is 33.3 Å². The molecule has 0 aromatic rings. The Morgan fingerprint density at radius 1 is 1.12 bits per heavy atom. The number of nitrogens with one attached hydrogen (secondary N) is 1. The van der Waals surface area contributed by atoms with Crippen LogP contribution in [0.25, 0.3) is 0 Å². The maximum Gasteiger partial charge on any atom is 0.333 e. The summed E-state index contributed by atoms with van der Waals surface area (Å²) < 4.78 is 5.15. The number of aliphatic carboxylic acids is 1. The molecule has 4 rings (SSSR count). The predicted octanol–water partition coefficient (Wildman–Crippen LogP) is 1.70. The van der Waals surface area contributed by atoms with E-state index in [9.17, 15) is 39.3 Å². The van der Waals surface area contributed by atoms with E-state index in [-0.39, 0.29) is 61.2 Å². The third-order valence-corrected chi connectivity index (χ3v) is 11.1. The molecule has 0 bridgehead atoms. The Morgan fingerprint density at radius 2 is 1.81 bits per heavy atom. The summed E-state index contributed by atoms with van der Waals surface area (Å²) in [6.45, 7) is 6.19. The normalized spacial score (nSPS) is 36.5. The fourth-order valence-electron chi connectivity index (χ4n) is 8.55. The van der Waals surface area contributed by atoms with Gasteiger partial charge in [-0.25, -0.2) is 4.79 Å². The minimum absolute atomic E-state index is 0.000790. The number of carbonyl (C=O) groups excluding carboxylic acids is 4. The number of aliphatic hydroxyl groups is 3. The lowest BCUT2D eigenvalue weighted by Crippen LogP contribution is -2.62. The summed E-state index contributed by atoms with van der Waals surface area (Å²) in [7, 11) is 0. The highest BCUT2D eigenvalue weighted by Gasteiger charge is 2.68. The van der Waals surface area contributed by atoms with Gasteiger partial charge < -0.3 is 30.5 Å². The van der Waals surface area contributed by atoms with Gasteiger partial charge in [-0.2, -0.15) is 0 Å². The lowest BCUT2D eigenvalue weighted by Gasteiger charge is -2.60. The predicted molar refractivity (Wildman–Crippen MR) is 149 cm³/mol. The summed E-state index contributed by atoms with van der Waals surface area (Å²) in [5.41, 5.74) is -2.97. The van der Waals surface area contributed by atoms with Crippen LogP contribution in [0.2, 0.25) is 0 Å². The molecule has 5 N–H and O–H groups in total. The van der Waals surface area contributed by atoms with Gasteiger partial charge in [0, 0.05) is 30.2 Å². The van der Waals surface area contributed by atoms with Crippen molar-refractivity contribution in [2.75, 3.05) is 13.2 Å². The molecule has 0 aliphatic heterocycles. The summed E-state index contributed by atoms with van der Waals surface area (Å²) in [5.74, 6) is -3.18. The Hall–Kier alpha value is -2.63. The van der Waals surface area contributed by atoms with E-state index in [1.54, 1.807) is 6.08 Å². The maximum atomic E-state index is 13.4. The van der Waals surface area contributed by atoms with Crippen molar-refractivity contribution in [3.8, 4) is 0 Å². The molecule has 0 radical (unpaired) electrons. The minimum Gasteiger partial charge on any atom is -0.479 e. The van der Waals surface area contributed by atoms with E-state index in [1.807, 2.05) is 6.92 Å². The molecule has 4 aliphatic carbocycles. The van der Waals surface area contributed by atoms with Gasteiger partial charge in [-0.15, -0.1) is 0 Å². The van der Waals surface area contributed by atoms with Crippen LogP contribution in [0.3, 0.4) is 0 Å². The highest BCUT2D eigenvalue weighted by Crippen LogP contribution is 2.67. The first-order valence-electron chi connectivity index (χ1n) is 15.0. The number of amides is 1. The zero-order valence-corrected chi connectivity index (χ0v) is 25.0. The second kappa shape index (κ2) is 11.5. The molecule has 0 heterocycles. The van der Waals surface area contributed by atoms with Crippen molar-refractivity contribution in [2.45, 2.75) is 103 Å². The van der Waals surface area contributed by atoms with E-state index in [2.05, 4.69) is 12.2 Å². The first-order chi connectivity index (χ1) is 19.5. The van der Waals surface area contributed by atoms with Crippen LogP contribution in [0.4, 0.5) is 0 Å². The Kier molecular flexibility index (Phi) is 8.81. The molecule has 0 spiro atoms. The molecule has 11 nitrogen and oxygen atoms in total. The van der Waals surface area contributed by atoms with Crippen molar-refractivity contribution in [2.24, 2.45) is 34.0 Å². The van der Waals surface area contributed by atoms with E-state index >= 15 is 0 Å². The fourth-order valence-corrected chi connectivity index (χ4v) is 8.55. The van der Waals surface area contributed by atoms with Crippen LogP contribution in [-0.2, 0) is 28.7 Å². The number of ether oxygens (including phenoxy) is 1. The molecule has 8 atom stereocenters. The molecular formula is C31H45NO10. The topological polar surface area (TPSA) is 188 Å². The molecule has 3 saturated carbocycles. The lowest BCUT2D eigenvalue weighted by atomic mass is 9.45. The highest BCUT2D eigenvalue weighted by atomic mass is 16.5. The minimum atomic E-state index is -1.77. The van der Waals surface area contributed by atoms with Gasteiger partial charge in [0.2, 0.25) is 11.7 Å². The van der Waals surface area contributed by atoms with E-state index in [0.29, 0.717) is 19.3 Å². The Labute approximate surface area is 246 Å². The molecule has 0 aromatic carbocycles. The van der Waals surface area contributed by atoms with E-state index in [1.165, 1.54) is 13.8 Å². The summed E-state index contributed by atoms with van der Waals surface area (Å²) in [4.78, 5) is 61.0. The largest absolute Gasteiger partial charge is 0.479 e. The van der Waals surface area contributed by atoms with Gasteiger partial charge in [0.05, 0.1) is 12.5 Å². The first-order valence-corrected chi connectivity index (χ1v) is 15.0. The number of aliphatic hydroxyl groups excluding tert-OH is 2. The molecule has 5 unspecified atom stereocenters. The van der Waals surface area contributed by atoms with Crippen molar-refractivity contribution < 1.29 is 49.1 Å². The number of hydrogen-bond donors (Lipinski definition) is 5. The van der Waals surface area contributed by atoms with Crippen LogP contribution in [0, 0.1) is 34.0 Å². The number of carbonyl (C=O) groups is 5. The van der Waals surface area contributed by atoms with Gasteiger partial charge in [0.25, 0.3) is 0 Å². The zero-order chi connectivity index (χ0) is 31.3. The zero-order valence-electron chi connectivity index (χ0n) is 25.0. The average Bonchev–Trinajstić information content (AvgIpc) is 3.19. The molecule has 0 saturated heterocycles. The summed E-state index contributed by atoms with van der Waals surface area (Å²) in [6.07, 6.45) is 2.50. The van der Waals surface area contributed by atoms with Crippen molar-refractivity contribution >= 4 is 29.4 Å². The van der Waals surface area contributed by atoms with Gasteiger partial charge in [0.15, 0.2) is 18.5 Å². The molecule has 4 aliphatic rings. The highest BCUT2D eigenvalue weighted by molar-refractivity contribution is 5.92.